The molecule has 2 aromatic heterocycles. The molecule has 0 aliphatic carbocycles. The largest absolute Gasteiger partial charge is 0.339 e. The van der Waals surface area contributed by atoms with E-state index in [2.05, 4.69) is 15.4 Å². The first kappa shape index (κ1) is 14.7. The Labute approximate surface area is 122 Å². The summed E-state index contributed by atoms with van der Waals surface area (Å²) in [5.41, 5.74) is 3.66. The van der Waals surface area contributed by atoms with E-state index in [1.807, 2.05) is 27.2 Å². The SMILES string of the molecule is CNC(C(=O)N(C)Cc1scnc1C)c1cnn(C)c1. The summed E-state index contributed by atoms with van der Waals surface area (Å²) in [5.74, 6) is 0.0216. The van der Waals surface area contributed by atoms with E-state index in [1.165, 1.54) is 0 Å². The summed E-state index contributed by atoms with van der Waals surface area (Å²) in [4.78, 5) is 19.6. The fourth-order valence-electron chi connectivity index (χ4n) is 2.01. The molecule has 20 heavy (non-hydrogen) atoms. The van der Waals surface area contributed by atoms with E-state index < -0.39 is 0 Å². The molecule has 7 heteroatoms. The third kappa shape index (κ3) is 3.05. The molecular formula is C13H19N5OS. The number of hydrogen-bond acceptors (Lipinski definition) is 5. The van der Waals surface area contributed by atoms with Crippen molar-refractivity contribution in [2.75, 3.05) is 14.1 Å². The van der Waals surface area contributed by atoms with Gasteiger partial charge in [0.15, 0.2) is 0 Å². The third-order valence-electron chi connectivity index (χ3n) is 3.20. The van der Waals surface area contributed by atoms with E-state index in [1.54, 1.807) is 39.7 Å². The van der Waals surface area contributed by atoms with Gasteiger partial charge in [-0.05, 0) is 14.0 Å². The summed E-state index contributed by atoms with van der Waals surface area (Å²) in [5, 5.41) is 7.16. The number of carbonyl (C=O) groups excluding carboxylic acids is 1. The number of nitrogens with one attached hydrogen (secondary N) is 1. The van der Waals surface area contributed by atoms with Crippen molar-refractivity contribution in [3.05, 3.63) is 34.0 Å². The van der Waals surface area contributed by atoms with Gasteiger partial charge in [0.1, 0.15) is 6.04 Å². The lowest BCUT2D eigenvalue weighted by Crippen LogP contribution is -2.37. The van der Waals surface area contributed by atoms with E-state index in [-0.39, 0.29) is 11.9 Å². The molecule has 1 atom stereocenters. The number of hydrogen-bond donors (Lipinski definition) is 1. The molecule has 2 rings (SSSR count). The smallest absolute Gasteiger partial charge is 0.244 e. The van der Waals surface area contributed by atoms with Gasteiger partial charge >= 0.3 is 0 Å². The van der Waals surface area contributed by atoms with Gasteiger partial charge in [0.05, 0.1) is 23.9 Å². The van der Waals surface area contributed by atoms with Gasteiger partial charge in [-0.2, -0.15) is 5.10 Å². The predicted molar refractivity (Wildman–Crippen MR) is 78.3 cm³/mol. The van der Waals surface area contributed by atoms with Gasteiger partial charge in [0.2, 0.25) is 5.91 Å². The Balaban J connectivity index is 2.10. The van der Waals surface area contributed by atoms with Gasteiger partial charge in [-0.25, -0.2) is 4.98 Å². The highest BCUT2D eigenvalue weighted by molar-refractivity contribution is 7.09. The molecule has 1 amide bonds. The molecule has 0 aliphatic rings. The topological polar surface area (TPSA) is 63.1 Å². The van der Waals surface area contributed by atoms with Crippen LogP contribution in [0.1, 0.15) is 22.2 Å². The highest BCUT2D eigenvalue weighted by Crippen LogP contribution is 2.18. The average Bonchev–Trinajstić information content (AvgIpc) is 3.00. The van der Waals surface area contributed by atoms with Crippen LogP contribution in [0.5, 0.6) is 0 Å². The van der Waals surface area contributed by atoms with Gasteiger partial charge in [-0.1, -0.05) is 0 Å². The van der Waals surface area contributed by atoms with Crippen LogP contribution in [0.25, 0.3) is 0 Å². The molecule has 0 aromatic carbocycles. The maximum absolute atomic E-state index is 12.5. The van der Waals surface area contributed by atoms with Gasteiger partial charge in [0.25, 0.3) is 0 Å². The Morgan fingerprint density at radius 3 is 2.85 bits per heavy atom. The highest BCUT2D eigenvalue weighted by Gasteiger charge is 2.24. The summed E-state index contributed by atoms with van der Waals surface area (Å²) in [6, 6.07) is -0.373. The third-order valence-corrected chi connectivity index (χ3v) is 4.12. The van der Waals surface area contributed by atoms with Crippen molar-refractivity contribution in [3.63, 3.8) is 0 Å². The fraction of sp³-hybridized carbons (Fsp3) is 0.462. The van der Waals surface area contributed by atoms with Crippen LogP contribution in [0.3, 0.4) is 0 Å². The van der Waals surface area contributed by atoms with Crippen LogP contribution < -0.4 is 5.32 Å². The number of nitrogens with zero attached hydrogens (tertiary/aromatic N) is 4. The number of carbonyl (C=O) groups is 1. The minimum absolute atomic E-state index is 0.0216. The van der Waals surface area contributed by atoms with Crippen molar-refractivity contribution in [2.24, 2.45) is 7.05 Å². The van der Waals surface area contributed by atoms with E-state index in [9.17, 15) is 4.79 Å². The van der Waals surface area contributed by atoms with Crippen molar-refractivity contribution in [2.45, 2.75) is 19.5 Å². The number of likely N-dealkylation sites (N-methyl/N-ethyl adjacent to an activating group) is 2. The van der Waals surface area contributed by atoms with E-state index in [0.717, 1.165) is 16.1 Å². The van der Waals surface area contributed by atoms with Crippen LogP contribution in [-0.4, -0.2) is 39.7 Å². The Kier molecular flexibility index (Phi) is 4.51. The molecule has 108 valence electrons. The van der Waals surface area contributed by atoms with Crippen molar-refractivity contribution in [3.8, 4) is 0 Å². The Morgan fingerprint density at radius 1 is 1.60 bits per heavy atom. The summed E-state index contributed by atoms with van der Waals surface area (Å²) in [6.45, 7) is 2.54. The zero-order chi connectivity index (χ0) is 14.7. The molecule has 1 N–H and O–H groups in total. The van der Waals surface area contributed by atoms with E-state index in [4.69, 9.17) is 0 Å². The zero-order valence-electron chi connectivity index (χ0n) is 12.1. The number of amides is 1. The number of thiazole rings is 1. The summed E-state index contributed by atoms with van der Waals surface area (Å²) < 4.78 is 1.69. The lowest BCUT2D eigenvalue weighted by atomic mass is 10.1. The normalized spacial score (nSPS) is 12.4. The Bertz CT molecular complexity index is 591. The summed E-state index contributed by atoms with van der Waals surface area (Å²) in [7, 11) is 5.43. The first-order chi connectivity index (χ1) is 9.52. The molecule has 0 spiro atoms. The van der Waals surface area contributed by atoms with Crippen molar-refractivity contribution >= 4 is 17.2 Å². The molecule has 1 unspecified atom stereocenters. The Hall–Kier alpha value is -1.73. The predicted octanol–water partition coefficient (Wildman–Crippen LogP) is 1.10. The first-order valence-corrected chi connectivity index (χ1v) is 7.20. The second-order valence-electron chi connectivity index (χ2n) is 4.72. The molecule has 0 bridgehead atoms. The van der Waals surface area contributed by atoms with Gasteiger partial charge < -0.3 is 10.2 Å². The molecule has 0 saturated heterocycles. The molecular weight excluding hydrogens is 274 g/mol. The maximum Gasteiger partial charge on any atom is 0.244 e. The first-order valence-electron chi connectivity index (χ1n) is 6.32. The van der Waals surface area contributed by atoms with Crippen LogP contribution in [0.4, 0.5) is 0 Å². The van der Waals surface area contributed by atoms with Gasteiger partial charge in [0, 0.05) is 30.7 Å². The van der Waals surface area contributed by atoms with Crippen molar-refractivity contribution in [1.82, 2.24) is 25.0 Å². The van der Waals surface area contributed by atoms with Crippen LogP contribution >= 0.6 is 11.3 Å². The maximum atomic E-state index is 12.5. The van der Waals surface area contributed by atoms with E-state index in [0.29, 0.717) is 6.54 Å². The molecule has 6 nitrogen and oxygen atoms in total. The molecule has 0 aliphatic heterocycles. The lowest BCUT2D eigenvalue weighted by Gasteiger charge is -2.22. The van der Waals surface area contributed by atoms with Crippen molar-refractivity contribution in [1.29, 1.82) is 0 Å². The number of aromatic nitrogens is 3. The second kappa shape index (κ2) is 6.15. The van der Waals surface area contributed by atoms with Gasteiger partial charge in [-0.3, -0.25) is 9.48 Å². The quantitative estimate of drug-likeness (QED) is 0.897. The molecule has 0 radical (unpaired) electrons. The van der Waals surface area contributed by atoms with E-state index >= 15 is 0 Å². The fourth-order valence-corrected chi connectivity index (χ4v) is 2.84. The average molecular weight is 293 g/mol. The zero-order valence-corrected chi connectivity index (χ0v) is 12.9. The van der Waals surface area contributed by atoms with Crippen LogP contribution in [0.15, 0.2) is 17.9 Å². The van der Waals surface area contributed by atoms with Crippen molar-refractivity contribution < 1.29 is 4.79 Å². The van der Waals surface area contributed by atoms with Gasteiger partial charge in [-0.15, -0.1) is 11.3 Å². The highest BCUT2D eigenvalue weighted by atomic mass is 32.1. The number of aryl methyl sites for hydroxylation is 2. The van der Waals surface area contributed by atoms with Crippen LogP contribution in [-0.2, 0) is 18.4 Å². The standard InChI is InChI=1S/C13H19N5OS/c1-9-11(20-8-15-9)7-17(3)13(19)12(14-2)10-5-16-18(4)6-10/h5-6,8,12,14H,7H2,1-4H3. The molecule has 0 fully saturated rings. The van der Waals surface area contributed by atoms with Crippen LogP contribution in [0.2, 0.25) is 0 Å². The molecule has 2 heterocycles. The summed E-state index contributed by atoms with van der Waals surface area (Å²) >= 11 is 1.57. The molecule has 2 aromatic rings. The summed E-state index contributed by atoms with van der Waals surface area (Å²) in [6.07, 6.45) is 3.57. The minimum atomic E-state index is -0.373. The number of rotatable bonds is 5. The minimum Gasteiger partial charge on any atom is -0.339 e. The monoisotopic (exact) mass is 293 g/mol. The molecule has 0 saturated carbocycles. The van der Waals surface area contributed by atoms with Crippen LogP contribution in [0, 0.1) is 6.92 Å². The second-order valence-corrected chi connectivity index (χ2v) is 5.66. The Morgan fingerprint density at radius 2 is 2.35 bits per heavy atom. The lowest BCUT2D eigenvalue weighted by molar-refractivity contribution is -0.132.